The summed E-state index contributed by atoms with van der Waals surface area (Å²) in [5.41, 5.74) is 3.44. The molecule has 1 aromatic carbocycles. The van der Waals surface area contributed by atoms with Crippen LogP contribution in [0.1, 0.15) is 34.4 Å². The number of anilines is 1. The number of carbonyl (C=O) groups is 2. The quantitative estimate of drug-likeness (QED) is 0.534. The minimum Gasteiger partial charge on any atom is -0.298 e. The summed E-state index contributed by atoms with van der Waals surface area (Å²) in [6.07, 6.45) is 3.06. The number of hydrogen-bond donors (Lipinski definition) is 1. The predicted molar refractivity (Wildman–Crippen MR) is 103 cm³/mol. The normalized spacial score (nSPS) is 11.1. The summed E-state index contributed by atoms with van der Waals surface area (Å²) in [6.45, 7) is 5.14. The van der Waals surface area contributed by atoms with Crippen molar-refractivity contribution in [1.82, 2.24) is 14.8 Å². The third kappa shape index (κ3) is 4.17. The smallest absolute Gasteiger partial charge is 0.250 e. The molecule has 8 heteroatoms. The Bertz CT molecular complexity index is 1030. The maximum absolute atomic E-state index is 13.1. The average molecular weight is 384 g/mol. The van der Waals surface area contributed by atoms with Crippen LogP contribution in [0, 0.1) is 19.7 Å². The molecule has 2 heterocycles. The van der Waals surface area contributed by atoms with E-state index in [1.807, 2.05) is 13.8 Å². The highest BCUT2D eigenvalue weighted by Crippen LogP contribution is 2.20. The van der Waals surface area contributed by atoms with Crippen LogP contribution >= 0.6 is 11.3 Å². The SMILES string of the molecule is CC(=O)c1csc(NC(=O)/C=C/c2c(C)nn(-c3ccc(F)cc3)c2C)n1. The minimum atomic E-state index is -0.354. The second kappa shape index (κ2) is 7.63. The number of thiazole rings is 1. The summed E-state index contributed by atoms with van der Waals surface area (Å²) in [4.78, 5) is 27.4. The summed E-state index contributed by atoms with van der Waals surface area (Å²) in [5.74, 6) is -0.818. The Hall–Kier alpha value is -3.13. The number of Topliss-reactive ketones (excluding diaryl/α,β-unsaturated/α-hetero) is 1. The van der Waals surface area contributed by atoms with E-state index in [0.29, 0.717) is 10.8 Å². The van der Waals surface area contributed by atoms with Gasteiger partial charge in [-0.25, -0.2) is 14.1 Å². The van der Waals surface area contributed by atoms with E-state index in [2.05, 4.69) is 15.4 Å². The number of ketones is 1. The number of hydrogen-bond acceptors (Lipinski definition) is 5. The molecule has 0 aliphatic heterocycles. The average Bonchev–Trinajstić information content (AvgIpc) is 3.19. The first kappa shape index (κ1) is 18.7. The van der Waals surface area contributed by atoms with E-state index in [4.69, 9.17) is 0 Å². The number of aryl methyl sites for hydroxylation is 1. The number of amides is 1. The Morgan fingerprint density at radius 2 is 1.93 bits per heavy atom. The molecule has 1 amide bonds. The standard InChI is InChI=1S/C19H17FN4O2S/c1-11-16(12(2)24(23-11)15-6-4-14(20)5-7-15)8-9-18(26)22-19-21-17(10-27-19)13(3)25/h4-10H,1-3H3,(H,21,22,26)/b9-8+. The van der Waals surface area contributed by atoms with Gasteiger partial charge in [0, 0.05) is 29.6 Å². The Morgan fingerprint density at radius 3 is 2.56 bits per heavy atom. The molecule has 27 heavy (non-hydrogen) atoms. The van der Waals surface area contributed by atoms with Gasteiger partial charge < -0.3 is 0 Å². The highest BCUT2D eigenvalue weighted by molar-refractivity contribution is 7.14. The summed E-state index contributed by atoms with van der Waals surface area (Å²) >= 11 is 1.19. The molecule has 0 atom stereocenters. The minimum absolute atomic E-state index is 0.151. The molecule has 0 fully saturated rings. The summed E-state index contributed by atoms with van der Waals surface area (Å²) < 4.78 is 14.8. The van der Waals surface area contributed by atoms with Crippen LogP contribution in [-0.2, 0) is 4.79 Å². The summed E-state index contributed by atoms with van der Waals surface area (Å²) in [7, 11) is 0. The molecular formula is C19H17FN4O2S. The number of benzene rings is 1. The van der Waals surface area contributed by atoms with Crippen LogP contribution in [0.4, 0.5) is 9.52 Å². The van der Waals surface area contributed by atoms with Gasteiger partial charge in [0.15, 0.2) is 10.9 Å². The number of halogens is 1. The van der Waals surface area contributed by atoms with E-state index in [1.165, 1.54) is 36.5 Å². The molecular weight excluding hydrogens is 367 g/mol. The van der Waals surface area contributed by atoms with Crippen molar-refractivity contribution in [2.45, 2.75) is 20.8 Å². The van der Waals surface area contributed by atoms with Gasteiger partial charge in [0.1, 0.15) is 11.5 Å². The van der Waals surface area contributed by atoms with Crippen LogP contribution in [0.25, 0.3) is 11.8 Å². The van der Waals surface area contributed by atoms with Gasteiger partial charge in [0.2, 0.25) is 5.91 Å². The molecule has 0 spiro atoms. The van der Waals surface area contributed by atoms with Crippen molar-refractivity contribution in [2.75, 3.05) is 5.32 Å². The van der Waals surface area contributed by atoms with Gasteiger partial charge in [-0.3, -0.25) is 14.9 Å². The molecule has 6 nitrogen and oxygen atoms in total. The van der Waals surface area contributed by atoms with Crippen LogP contribution < -0.4 is 5.32 Å². The molecule has 0 radical (unpaired) electrons. The first-order valence-electron chi connectivity index (χ1n) is 8.13. The van der Waals surface area contributed by atoms with Gasteiger partial charge >= 0.3 is 0 Å². The summed E-state index contributed by atoms with van der Waals surface area (Å²) in [6, 6.07) is 6.03. The Labute approximate surface area is 159 Å². The van der Waals surface area contributed by atoms with Crippen molar-refractivity contribution in [3.63, 3.8) is 0 Å². The van der Waals surface area contributed by atoms with E-state index in [-0.39, 0.29) is 17.5 Å². The third-order valence-corrected chi connectivity index (χ3v) is 4.67. The van der Waals surface area contributed by atoms with Gasteiger partial charge in [0.25, 0.3) is 0 Å². The largest absolute Gasteiger partial charge is 0.298 e. The van der Waals surface area contributed by atoms with Gasteiger partial charge in [-0.2, -0.15) is 5.10 Å². The number of rotatable bonds is 5. The van der Waals surface area contributed by atoms with Crippen LogP contribution in [0.3, 0.4) is 0 Å². The second-order valence-electron chi connectivity index (χ2n) is 5.89. The zero-order chi connectivity index (χ0) is 19.6. The number of nitrogens with one attached hydrogen (secondary N) is 1. The monoisotopic (exact) mass is 384 g/mol. The van der Waals surface area contributed by atoms with Crippen LogP contribution in [-0.4, -0.2) is 26.5 Å². The van der Waals surface area contributed by atoms with E-state index in [1.54, 1.807) is 28.3 Å². The van der Waals surface area contributed by atoms with Crippen LogP contribution in [0.15, 0.2) is 35.7 Å². The topological polar surface area (TPSA) is 76.9 Å². The van der Waals surface area contributed by atoms with Crippen molar-refractivity contribution < 1.29 is 14.0 Å². The van der Waals surface area contributed by atoms with Crippen molar-refractivity contribution >= 4 is 34.2 Å². The zero-order valence-corrected chi connectivity index (χ0v) is 15.8. The molecule has 0 aliphatic carbocycles. The first-order chi connectivity index (χ1) is 12.8. The molecule has 138 valence electrons. The maximum Gasteiger partial charge on any atom is 0.250 e. The second-order valence-corrected chi connectivity index (χ2v) is 6.75. The molecule has 2 aromatic heterocycles. The lowest BCUT2D eigenvalue weighted by Gasteiger charge is -2.04. The van der Waals surface area contributed by atoms with Gasteiger partial charge in [-0.1, -0.05) is 0 Å². The van der Waals surface area contributed by atoms with E-state index >= 15 is 0 Å². The molecule has 0 bridgehead atoms. The van der Waals surface area contributed by atoms with Crippen molar-refractivity contribution in [3.05, 3.63) is 64.2 Å². The fourth-order valence-corrected chi connectivity index (χ4v) is 3.28. The highest BCUT2D eigenvalue weighted by Gasteiger charge is 2.12. The predicted octanol–water partition coefficient (Wildman–Crippen LogP) is 3.94. The Morgan fingerprint density at radius 1 is 1.22 bits per heavy atom. The molecule has 3 rings (SSSR count). The van der Waals surface area contributed by atoms with E-state index in [0.717, 1.165) is 22.6 Å². The lowest BCUT2D eigenvalue weighted by atomic mass is 10.2. The lowest BCUT2D eigenvalue weighted by molar-refractivity contribution is -0.111. The number of carbonyl (C=O) groups excluding carboxylic acids is 2. The fraction of sp³-hybridized carbons (Fsp3) is 0.158. The number of nitrogens with zero attached hydrogens (tertiary/aromatic N) is 3. The van der Waals surface area contributed by atoms with Crippen molar-refractivity contribution in [3.8, 4) is 5.69 Å². The van der Waals surface area contributed by atoms with Gasteiger partial charge in [-0.15, -0.1) is 11.3 Å². The molecule has 0 unspecified atom stereocenters. The first-order valence-corrected chi connectivity index (χ1v) is 9.01. The third-order valence-electron chi connectivity index (χ3n) is 3.91. The molecule has 0 aliphatic rings. The maximum atomic E-state index is 13.1. The van der Waals surface area contributed by atoms with Crippen LogP contribution in [0.2, 0.25) is 0 Å². The van der Waals surface area contributed by atoms with E-state index < -0.39 is 0 Å². The van der Waals surface area contributed by atoms with Crippen molar-refractivity contribution in [1.29, 1.82) is 0 Å². The number of aromatic nitrogens is 3. The molecule has 0 saturated heterocycles. The lowest BCUT2D eigenvalue weighted by Crippen LogP contribution is -2.08. The fourth-order valence-electron chi connectivity index (χ4n) is 2.53. The Kier molecular flexibility index (Phi) is 5.27. The molecule has 0 saturated carbocycles. The van der Waals surface area contributed by atoms with Crippen LogP contribution in [0.5, 0.6) is 0 Å². The van der Waals surface area contributed by atoms with E-state index in [9.17, 15) is 14.0 Å². The highest BCUT2D eigenvalue weighted by atomic mass is 32.1. The zero-order valence-electron chi connectivity index (χ0n) is 15.0. The molecule has 1 N–H and O–H groups in total. The molecule has 3 aromatic rings. The van der Waals surface area contributed by atoms with Crippen molar-refractivity contribution in [2.24, 2.45) is 0 Å². The Balaban J connectivity index is 1.77. The summed E-state index contributed by atoms with van der Waals surface area (Å²) in [5, 5.41) is 9.06. The van der Waals surface area contributed by atoms with Gasteiger partial charge in [-0.05, 0) is 44.2 Å². The van der Waals surface area contributed by atoms with Gasteiger partial charge in [0.05, 0.1) is 11.4 Å².